The van der Waals surface area contributed by atoms with Gasteiger partial charge in [-0.05, 0) is 43.9 Å². The van der Waals surface area contributed by atoms with Crippen LogP contribution in [-0.4, -0.2) is 23.9 Å². The summed E-state index contributed by atoms with van der Waals surface area (Å²) in [6, 6.07) is 7.95. The molecule has 0 bridgehead atoms. The smallest absolute Gasteiger partial charge is 0.242 e. The second kappa shape index (κ2) is 6.88. The van der Waals surface area contributed by atoms with Crippen LogP contribution in [0.15, 0.2) is 28.7 Å². The molecule has 5 heteroatoms. The van der Waals surface area contributed by atoms with E-state index in [1.807, 2.05) is 19.1 Å². The molecule has 0 radical (unpaired) electrons. The first-order valence-corrected chi connectivity index (χ1v) is 7.68. The van der Waals surface area contributed by atoms with Gasteiger partial charge < -0.3 is 10.6 Å². The van der Waals surface area contributed by atoms with Gasteiger partial charge in [0.25, 0.3) is 0 Å². The van der Waals surface area contributed by atoms with Gasteiger partial charge in [0.2, 0.25) is 11.8 Å². The molecule has 0 spiro atoms. The van der Waals surface area contributed by atoms with E-state index < -0.39 is 0 Å². The third-order valence-electron chi connectivity index (χ3n) is 3.48. The minimum atomic E-state index is -0.349. The number of halogens is 1. The highest BCUT2D eigenvalue weighted by Crippen LogP contribution is 2.13. The van der Waals surface area contributed by atoms with Crippen molar-refractivity contribution in [2.75, 3.05) is 0 Å². The predicted molar refractivity (Wildman–Crippen MR) is 81.2 cm³/mol. The maximum atomic E-state index is 11.9. The number of hydrogen-bond donors (Lipinski definition) is 2. The summed E-state index contributed by atoms with van der Waals surface area (Å²) in [5.74, 6) is -0.105. The molecule has 1 heterocycles. The van der Waals surface area contributed by atoms with Crippen LogP contribution in [-0.2, 0) is 16.0 Å². The van der Waals surface area contributed by atoms with Crippen molar-refractivity contribution in [3.63, 3.8) is 0 Å². The van der Waals surface area contributed by atoms with Gasteiger partial charge in [-0.25, -0.2) is 0 Å². The molecule has 2 atom stereocenters. The molecular weight excluding hydrogens is 320 g/mol. The summed E-state index contributed by atoms with van der Waals surface area (Å²) in [5.41, 5.74) is 1.25. The summed E-state index contributed by atoms with van der Waals surface area (Å²) in [4.78, 5) is 23.0. The lowest BCUT2D eigenvalue weighted by Gasteiger charge is -2.17. The van der Waals surface area contributed by atoms with Gasteiger partial charge in [-0.15, -0.1) is 0 Å². The number of benzene rings is 1. The first-order valence-electron chi connectivity index (χ1n) is 6.89. The molecule has 2 N–H and O–H groups in total. The molecule has 1 fully saturated rings. The van der Waals surface area contributed by atoms with Crippen molar-refractivity contribution >= 4 is 27.7 Å². The van der Waals surface area contributed by atoms with Crippen LogP contribution in [0.4, 0.5) is 0 Å². The largest absolute Gasteiger partial charge is 0.352 e. The van der Waals surface area contributed by atoms with Gasteiger partial charge in [0.1, 0.15) is 6.04 Å². The molecule has 0 saturated carbocycles. The van der Waals surface area contributed by atoms with E-state index in [9.17, 15) is 9.59 Å². The first-order chi connectivity index (χ1) is 9.54. The molecule has 20 heavy (non-hydrogen) atoms. The van der Waals surface area contributed by atoms with E-state index in [2.05, 4.69) is 38.7 Å². The van der Waals surface area contributed by atoms with Gasteiger partial charge in [-0.3, -0.25) is 9.59 Å². The molecule has 1 aromatic carbocycles. The van der Waals surface area contributed by atoms with Crippen molar-refractivity contribution in [1.82, 2.24) is 10.6 Å². The molecule has 4 nitrogen and oxygen atoms in total. The topological polar surface area (TPSA) is 58.2 Å². The highest BCUT2D eigenvalue weighted by molar-refractivity contribution is 9.10. The van der Waals surface area contributed by atoms with Crippen molar-refractivity contribution in [2.24, 2.45) is 0 Å². The van der Waals surface area contributed by atoms with Gasteiger partial charge in [0.05, 0.1) is 0 Å². The van der Waals surface area contributed by atoms with E-state index in [1.54, 1.807) is 0 Å². The van der Waals surface area contributed by atoms with Crippen LogP contribution in [0.3, 0.4) is 0 Å². The Kier molecular flexibility index (Phi) is 5.17. The Morgan fingerprint density at radius 2 is 2.15 bits per heavy atom. The Hall–Kier alpha value is -1.36. The van der Waals surface area contributed by atoms with Gasteiger partial charge in [-0.1, -0.05) is 28.1 Å². The van der Waals surface area contributed by atoms with Crippen molar-refractivity contribution in [1.29, 1.82) is 0 Å². The summed E-state index contributed by atoms with van der Waals surface area (Å²) in [5, 5.41) is 5.64. The number of carbonyl (C=O) groups is 2. The monoisotopic (exact) mass is 338 g/mol. The molecule has 0 aliphatic carbocycles. The molecule has 1 aromatic rings. The van der Waals surface area contributed by atoms with Crippen LogP contribution in [0.25, 0.3) is 0 Å². The molecular formula is C15H19BrN2O2. The number of hydrogen-bond acceptors (Lipinski definition) is 2. The fraction of sp³-hybridized carbons (Fsp3) is 0.467. The standard InChI is InChI=1S/C15H19BrN2O2/c1-10(2-3-11-4-6-12(16)7-5-11)17-15(20)13-8-9-14(19)18-13/h4-7,10,13H,2-3,8-9H2,1H3,(H,17,20)(H,18,19)/t10-,13-/m1/s1. The lowest BCUT2D eigenvalue weighted by molar-refractivity contribution is -0.126. The Labute approximate surface area is 127 Å². The van der Waals surface area contributed by atoms with E-state index >= 15 is 0 Å². The summed E-state index contributed by atoms with van der Waals surface area (Å²) in [6.07, 6.45) is 2.86. The molecule has 108 valence electrons. The van der Waals surface area contributed by atoms with E-state index in [0.29, 0.717) is 12.8 Å². The Morgan fingerprint density at radius 3 is 2.75 bits per heavy atom. The van der Waals surface area contributed by atoms with Crippen molar-refractivity contribution in [3.05, 3.63) is 34.3 Å². The average molecular weight is 339 g/mol. The number of carbonyl (C=O) groups excluding carboxylic acids is 2. The first kappa shape index (κ1) is 15.0. The van der Waals surface area contributed by atoms with E-state index in [0.717, 1.165) is 17.3 Å². The Morgan fingerprint density at radius 1 is 1.45 bits per heavy atom. The predicted octanol–water partition coefficient (Wildman–Crippen LogP) is 2.16. The highest BCUT2D eigenvalue weighted by Gasteiger charge is 2.27. The van der Waals surface area contributed by atoms with Gasteiger partial charge >= 0.3 is 0 Å². The quantitative estimate of drug-likeness (QED) is 0.864. The van der Waals surface area contributed by atoms with Crippen molar-refractivity contribution in [2.45, 2.75) is 44.7 Å². The van der Waals surface area contributed by atoms with Crippen molar-refractivity contribution < 1.29 is 9.59 Å². The summed E-state index contributed by atoms with van der Waals surface area (Å²) >= 11 is 3.41. The average Bonchev–Trinajstić information content (AvgIpc) is 2.85. The lowest BCUT2D eigenvalue weighted by Crippen LogP contribution is -2.45. The number of rotatable bonds is 5. The van der Waals surface area contributed by atoms with E-state index in [4.69, 9.17) is 0 Å². The number of nitrogens with one attached hydrogen (secondary N) is 2. The Bertz CT molecular complexity index is 487. The molecule has 0 unspecified atom stereocenters. The summed E-state index contributed by atoms with van der Waals surface area (Å²) < 4.78 is 1.07. The van der Waals surface area contributed by atoms with Crippen LogP contribution >= 0.6 is 15.9 Å². The fourth-order valence-electron chi connectivity index (χ4n) is 2.26. The minimum absolute atomic E-state index is 0.0346. The van der Waals surface area contributed by atoms with Crippen LogP contribution in [0.1, 0.15) is 31.7 Å². The zero-order chi connectivity index (χ0) is 14.5. The van der Waals surface area contributed by atoms with Crippen molar-refractivity contribution in [3.8, 4) is 0 Å². The SMILES string of the molecule is C[C@H](CCc1ccc(Br)cc1)NC(=O)[C@H]1CCC(=O)N1. The molecule has 2 rings (SSSR count). The maximum Gasteiger partial charge on any atom is 0.242 e. The third kappa shape index (κ3) is 4.34. The molecule has 2 amide bonds. The number of amides is 2. The van der Waals surface area contributed by atoms with Crippen LogP contribution in [0.2, 0.25) is 0 Å². The third-order valence-corrected chi connectivity index (χ3v) is 4.01. The normalized spacial score (nSPS) is 19.5. The van der Waals surface area contributed by atoms with Gasteiger partial charge in [0.15, 0.2) is 0 Å². The van der Waals surface area contributed by atoms with Crippen LogP contribution in [0.5, 0.6) is 0 Å². The number of aryl methyl sites for hydroxylation is 1. The summed E-state index contributed by atoms with van der Waals surface area (Å²) in [7, 11) is 0. The lowest BCUT2D eigenvalue weighted by atomic mass is 10.1. The van der Waals surface area contributed by atoms with Gasteiger partial charge in [-0.2, -0.15) is 0 Å². The molecule has 1 saturated heterocycles. The molecule has 1 aliphatic rings. The van der Waals surface area contributed by atoms with Crippen LogP contribution in [0, 0.1) is 0 Å². The highest BCUT2D eigenvalue weighted by atomic mass is 79.9. The second-order valence-electron chi connectivity index (χ2n) is 5.23. The Balaban J connectivity index is 1.74. The fourth-order valence-corrected chi connectivity index (χ4v) is 2.52. The molecule has 1 aliphatic heterocycles. The summed E-state index contributed by atoms with van der Waals surface area (Å²) in [6.45, 7) is 1.99. The van der Waals surface area contributed by atoms with Crippen LogP contribution < -0.4 is 10.6 Å². The zero-order valence-electron chi connectivity index (χ0n) is 11.5. The minimum Gasteiger partial charge on any atom is -0.352 e. The van der Waals surface area contributed by atoms with E-state index in [-0.39, 0.29) is 23.9 Å². The zero-order valence-corrected chi connectivity index (χ0v) is 13.1. The second-order valence-corrected chi connectivity index (χ2v) is 6.15. The maximum absolute atomic E-state index is 11.9. The van der Waals surface area contributed by atoms with E-state index in [1.165, 1.54) is 5.56 Å². The molecule has 0 aromatic heterocycles. The van der Waals surface area contributed by atoms with Gasteiger partial charge in [0, 0.05) is 16.9 Å².